The van der Waals surface area contributed by atoms with Gasteiger partial charge >= 0.3 is 0 Å². The van der Waals surface area contributed by atoms with Gasteiger partial charge in [0.1, 0.15) is 6.26 Å². The minimum atomic E-state index is 0. The molecule has 2 fully saturated rings. The van der Waals surface area contributed by atoms with Gasteiger partial charge in [-0.05, 0) is 12.3 Å². The number of aromatic nitrogens is 1. The highest BCUT2D eigenvalue weighted by molar-refractivity contribution is 14.0. The van der Waals surface area contributed by atoms with Gasteiger partial charge in [-0.3, -0.25) is 9.89 Å². The molecule has 0 radical (unpaired) electrons. The fraction of sp³-hybridized carbons (Fsp3) is 0.733. The number of halogens is 1. The molecule has 2 heterocycles. The van der Waals surface area contributed by atoms with Crippen LogP contribution in [-0.2, 0) is 6.54 Å². The summed E-state index contributed by atoms with van der Waals surface area (Å²) >= 11 is 0. The third-order valence-electron chi connectivity index (χ3n) is 4.29. The lowest BCUT2D eigenvalue weighted by molar-refractivity contribution is 0.169. The minimum absolute atomic E-state index is 0. The second-order valence-corrected chi connectivity index (χ2v) is 5.96. The molecule has 1 aromatic rings. The van der Waals surface area contributed by atoms with E-state index >= 15 is 0 Å². The highest BCUT2D eigenvalue weighted by atomic mass is 127. The quantitative estimate of drug-likeness (QED) is 0.448. The van der Waals surface area contributed by atoms with Crippen molar-refractivity contribution in [3.8, 4) is 0 Å². The maximum Gasteiger partial charge on any atom is 0.193 e. The van der Waals surface area contributed by atoms with Crippen LogP contribution in [0.4, 0.5) is 0 Å². The topological polar surface area (TPSA) is 56.9 Å². The van der Waals surface area contributed by atoms with Crippen molar-refractivity contribution in [2.75, 3.05) is 39.8 Å². The second kappa shape index (κ2) is 8.71. The molecule has 1 aliphatic carbocycles. The van der Waals surface area contributed by atoms with Crippen LogP contribution in [0.3, 0.4) is 0 Å². The van der Waals surface area contributed by atoms with Crippen molar-refractivity contribution in [3.05, 3.63) is 18.0 Å². The largest absolute Gasteiger partial charge is 0.364 e. The van der Waals surface area contributed by atoms with Gasteiger partial charge in [0.2, 0.25) is 0 Å². The van der Waals surface area contributed by atoms with E-state index < -0.39 is 0 Å². The van der Waals surface area contributed by atoms with Crippen LogP contribution in [0.15, 0.2) is 21.8 Å². The first kappa shape index (κ1) is 17.5. The monoisotopic (exact) mass is 419 g/mol. The Morgan fingerprint density at radius 3 is 2.73 bits per heavy atom. The SMILES string of the molecule is CN=C(NCCC1CC1)N1CCN(Cc2ccon2)CC1.I. The summed E-state index contributed by atoms with van der Waals surface area (Å²) in [6.45, 7) is 6.03. The molecular weight excluding hydrogens is 393 g/mol. The molecule has 6 nitrogen and oxygen atoms in total. The highest BCUT2D eigenvalue weighted by Crippen LogP contribution is 2.31. The van der Waals surface area contributed by atoms with Crippen molar-refractivity contribution in [2.45, 2.75) is 25.8 Å². The Bertz CT molecular complexity index is 453. The molecule has 1 saturated carbocycles. The van der Waals surface area contributed by atoms with E-state index in [2.05, 4.69) is 25.3 Å². The zero-order chi connectivity index (χ0) is 14.5. The number of hydrogen-bond acceptors (Lipinski definition) is 4. The molecule has 22 heavy (non-hydrogen) atoms. The number of piperazine rings is 1. The van der Waals surface area contributed by atoms with E-state index in [1.165, 1.54) is 19.3 Å². The number of aliphatic imine (C=N–C) groups is 1. The first-order valence-electron chi connectivity index (χ1n) is 7.92. The first-order valence-corrected chi connectivity index (χ1v) is 7.92. The van der Waals surface area contributed by atoms with Gasteiger partial charge in [0, 0.05) is 52.4 Å². The number of hydrogen-bond donors (Lipinski definition) is 1. The molecule has 1 aromatic heterocycles. The third kappa shape index (κ3) is 5.12. The van der Waals surface area contributed by atoms with E-state index in [4.69, 9.17) is 4.52 Å². The standard InChI is InChI=1S/C15H25N5O.HI/c1-16-15(17-6-4-13-2-3-13)20-9-7-19(8-10-20)12-14-5-11-21-18-14;/h5,11,13H,2-4,6-10,12H2,1H3,(H,16,17);1H. The molecule has 0 unspecified atom stereocenters. The molecule has 0 amide bonds. The summed E-state index contributed by atoms with van der Waals surface area (Å²) in [5, 5.41) is 7.48. The van der Waals surface area contributed by atoms with E-state index in [9.17, 15) is 0 Å². The van der Waals surface area contributed by atoms with Crippen molar-refractivity contribution in [3.63, 3.8) is 0 Å². The van der Waals surface area contributed by atoms with Crippen LogP contribution in [0, 0.1) is 5.92 Å². The summed E-state index contributed by atoms with van der Waals surface area (Å²) in [6, 6.07) is 1.94. The molecule has 7 heteroatoms. The fourth-order valence-electron chi connectivity index (χ4n) is 2.79. The lowest BCUT2D eigenvalue weighted by Gasteiger charge is -2.36. The van der Waals surface area contributed by atoms with Crippen molar-refractivity contribution < 1.29 is 4.52 Å². The maximum atomic E-state index is 4.89. The zero-order valence-corrected chi connectivity index (χ0v) is 15.5. The normalized spacial score (nSPS) is 19.9. The molecule has 1 N–H and O–H groups in total. The molecule has 124 valence electrons. The van der Waals surface area contributed by atoms with E-state index in [0.29, 0.717) is 0 Å². The van der Waals surface area contributed by atoms with Gasteiger partial charge in [-0.15, -0.1) is 24.0 Å². The Morgan fingerprint density at radius 1 is 1.36 bits per heavy atom. The van der Waals surface area contributed by atoms with E-state index in [-0.39, 0.29) is 24.0 Å². The summed E-state index contributed by atoms with van der Waals surface area (Å²) in [4.78, 5) is 9.18. The van der Waals surface area contributed by atoms with Crippen molar-refractivity contribution in [2.24, 2.45) is 10.9 Å². The minimum Gasteiger partial charge on any atom is -0.364 e. The van der Waals surface area contributed by atoms with Crippen molar-refractivity contribution in [1.82, 2.24) is 20.3 Å². The summed E-state index contributed by atoms with van der Waals surface area (Å²) in [5.74, 6) is 2.02. The van der Waals surface area contributed by atoms with Gasteiger partial charge in [0.25, 0.3) is 0 Å². The molecule has 0 atom stereocenters. The molecule has 0 bridgehead atoms. The Hall–Kier alpha value is -0.830. The summed E-state index contributed by atoms with van der Waals surface area (Å²) in [7, 11) is 1.88. The maximum absolute atomic E-state index is 4.89. The molecular formula is C15H26IN5O. The molecule has 3 rings (SSSR count). The van der Waals surface area contributed by atoms with Crippen LogP contribution in [0.1, 0.15) is 25.0 Å². The molecule has 0 spiro atoms. The number of nitrogens with one attached hydrogen (secondary N) is 1. The summed E-state index contributed by atoms with van der Waals surface area (Å²) in [5.41, 5.74) is 1.01. The van der Waals surface area contributed by atoms with Gasteiger partial charge in [-0.1, -0.05) is 18.0 Å². The Morgan fingerprint density at radius 2 is 2.14 bits per heavy atom. The number of nitrogens with zero attached hydrogens (tertiary/aromatic N) is 4. The van der Waals surface area contributed by atoms with Crippen LogP contribution in [0.2, 0.25) is 0 Å². The predicted molar refractivity (Wildman–Crippen MR) is 97.5 cm³/mol. The fourth-order valence-corrected chi connectivity index (χ4v) is 2.79. The van der Waals surface area contributed by atoms with Crippen LogP contribution in [0.25, 0.3) is 0 Å². The van der Waals surface area contributed by atoms with Gasteiger partial charge in [0.05, 0.1) is 5.69 Å². The summed E-state index contributed by atoms with van der Waals surface area (Å²) in [6.07, 6.45) is 5.75. The highest BCUT2D eigenvalue weighted by Gasteiger charge is 2.22. The number of guanidine groups is 1. The lowest BCUT2D eigenvalue weighted by atomic mass is 10.3. The van der Waals surface area contributed by atoms with Gasteiger partial charge < -0.3 is 14.7 Å². The molecule has 2 aliphatic rings. The van der Waals surface area contributed by atoms with Crippen LogP contribution in [-0.4, -0.2) is 60.7 Å². The van der Waals surface area contributed by atoms with Crippen LogP contribution < -0.4 is 5.32 Å². The number of rotatable bonds is 5. The average molecular weight is 419 g/mol. The second-order valence-electron chi connectivity index (χ2n) is 5.96. The smallest absolute Gasteiger partial charge is 0.193 e. The van der Waals surface area contributed by atoms with E-state index in [1.54, 1.807) is 6.26 Å². The Kier molecular flexibility index (Phi) is 6.94. The molecule has 1 saturated heterocycles. The Balaban J connectivity index is 0.00000176. The lowest BCUT2D eigenvalue weighted by Crippen LogP contribution is -2.52. The summed E-state index contributed by atoms with van der Waals surface area (Å²) < 4.78 is 4.89. The van der Waals surface area contributed by atoms with Crippen LogP contribution >= 0.6 is 24.0 Å². The molecule has 1 aliphatic heterocycles. The molecule has 0 aromatic carbocycles. The van der Waals surface area contributed by atoms with Gasteiger partial charge in [-0.25, -0.2) is 0 Å². The van der Waals surface area contributed by atoms with Crippen molar-refractivity contribution in [1.29, 1.82) is 0 Å². The van der Waals surface area contributed by atoms with E-state index in [1.807, 2.05) is 13.1 Å². The first-order chi connectivity index (χ1) is 10.3. The third-order valence-corrected chi connectivity index (χ3v) is 4.29. The predicted octanol–water partition coefficient (Wildman–Crippen LogP) is 1.79. The van der Waals surface area contributed by atoms with Gasteiger partial charge in [-0.2, -0.15) is 0 Å². The Labute approximate surface area is 149 Å². The zero-order valence-electron chi connectivity index (χ0n) is 13.2. The van der Waals surface area contributed by atoms with Gasteiger partial charge in [0.15, 0.2) is 5.96 Å². The average Bonchev–Trinajstić information content (AvgIpc) is 3.20. The van der Waals surface area contributed by atoms with Crippen LogP contribution in [0.5, 0.6) is 0 Å². The van der Waals surface area contributed by atoms with E-state index in [0.717, 1.165) is 56.8 Å². The van der Waals surface area contributed by atoms with Crippen molar-refractivity contribution >= 4 is 29.9 Å².